The van der Waals surface area contributed by atoms with Crippen LogP contribution in [0, 0.1) is 0 Å². The number of Topliss-reactive ketones (excluding diaryl/α,β-unsaturated/α-hetero) is 1. The molecule has 3 N–H and O–H groups in total. The minimum atomic E-state index is -3.90. The number of ether oxygens (including phenoxy) is 1. The van der Waals surface area contributed by atoms with E-state index in [9.17, 15) is 22.8 Å². The number of hydrogen-bond acceptors (Lipinski definition) is 6. The molecule has 1 atom stereocenters. The quantitative estimate of drug-likeness (QED) is 0.281. The van der Waals surface area contributed by atoms with E-state index in [2.05, 4.69) is 5.32 Å². The van der Waals surface area contributed by atoms with Crippen LogP contribution >= 0.6 is 11.6 Å². The lowest BCUT2D eigenvalue weighted by molar-refractivity contribution is -0.119. The Morgan fingerprint density at radius 1 is 1.00 bits per heavy atom. The first kappa shape index (κ1) is 28.8. The number of amides is 1. The number of methoxy groups -OCH3 is 1. The number of carbonyl (C=O) groups is 2. The number of benzene rings is 3. The summed E-state index contributed by atoms with van der Waals surface area (Å²) in [6.07, 6.45) is 1.60. The number of primary sulfonamides is 1. The second-order valence-electron chi connectivity index (χ2n) is 9.01. The summed E-state index contributed by atoms with van der Waals surface area (Å²) in [7, 11) is -2.48. The fraction of sp³-hybridized carbons (Fsp3) is 0.138. The van der Waals surface area contributed by atoms with Crippen molar-refractivity contribution in [3.8, 4) is 16.9 Å². The number of rotatable bonds is 9. The molecule has 1 aromatic heterocycles. The van der Waals surface area contributed by atoms with Gasteiger partial charge in [0, 0.05) is 34.3 Å². The molecule has 0 fully saturated rings. The SMILES string of the molecule is COc1cn(C(Cc2ccccc2)C(=O)Nc2ccc(S(N)(=O)=O)cc2)c(=O)cc1-c1cc(Cl)ccc1C(C)=O. The number of nitrogens with one attached hydrogen (secondary N) is 1. The molecule has 1 amide bonds. The number of halogens is 1. The number of nitrogens with two attached hydrogens (primary N) is 1. The predicted octanol–water partition coefficient (Wildman–Crippen LogP) is 4.45. The fourth-order valence-corrected chi connectivity index (χ4v) is 4.99. The minimum Gasteiger partial charge on any atom is -0.495 e. The van der Waals surface area contributed by atoms with Crippen LogP contribution < -0.4 is 20.8 Å². The zero-order valence-corrected chi connectivity index (χ0v) is 23.2. The van der Waals surface area contributed by atoms with Crippen LogP contribution in [0.5, 0.6) is 5.75 Å². The lowest BCUT2D eigenvalue weighted by Gasteiger charge is -2.22. The lowest BCUT2D eigenvalue weighted by Crippen LogP contribution is -2.34. The van der Waals surface area contributed by atoms with Crippen molar-refractivity contribution in [2.24, 2.45) is 5.14 Å². The molecule has 0 aliphatic carbocycles. The van der Waals surface area contributed by atoms with E-state index in [-0.39, 0.29) is 22.8 Å². The molecule has 1 heterocycles. The van der Waals surface area contributed by atoms with Crippen LogP contribution in [-0.2, 0) is 21.2 Å². The summed E-state index contributed by atoms with van der Waals surface area (Å²) in [4.78, 5) is 39.3. The van der Waals surface area contributed by atoms with Gasteiger partial charge in [0.15, 0.2) is 5.78 Å². The molecule has 0 radical (unpaired) electrons. The first-order valence-electron chi connectivity index (χ1n) is 12.1. The zero-order chi connectivity index (χ0) is 29.0. The van der Waals surface area contributed by atoms with Crippen LogP contribution in [0.25, 0.3) is 11.1 Å². The summed E-state index contributed by atoms with van der Waals surface area (Å²) in [6, 6.07) is 19.6. The topological polar surface area (TPSA) is 138 Å². The van der Waals surface area contributed by atoms with Gasteiger partial charge in [-0.3, -0.25) is 19.0 Å². The molecule has 0 saturated heterocycles. The van der Waals surface area contributed by atoms with E-state index in [0.29, 0.717) is 27.4 Å². The van der Waals surface area contributed by atoms with Crippen molar-refractivity contribution in [2.45, 2.75) is 24.3 Å². The van der Waals surface area contributed by atoms with Gasteiger partial charge in [-0.25, -0.2) is 13.6 Å². The Morgan fingerprint density at radius 3 is 2.27 bits per heavy atom. The number of anilines is 1. The second-order valence-corrected chi connectivity index (χ2v) is 11.0. The third-order valence-electron chi connectivity index (χ3n) is 6.28. The number of aromatic nitrogens is 1. The highest BCUT2D eigenvalue weighted by Gasteiger charge is 2.25. The van der Waals surface area contributed by atoms with E-state index in [0.717, 1.165) is 5.56 Å². The Bertz CT molecular complexity index is 1740. The van der Waals surface area contributed by atoms with Crippen molar-refractivity contribution < 1.29 is 22.7 Å². The molecule has 3 aromatic carbocycles. The highest BCUT2D eigenvalue weighted by molar-refractivity contribution is 7.89. The van der Waals surface area contributed by atoms with Crippen molar-refractivity contribution >= 4 is 39.0 Å². The van der Waals surface area contributed by atoms with Gasteiger partial charge in [0.25, 0.3) is 5.56 Å². The maximum Gasteiger partial charge on any atom is 0.252 e. The van der Waals surface area contributed by atoms with Crippen LogP contribution in [-0.4, -0.2) is 31.8 Å². The van der Waals surface area contributed by atoms with Gasteiger partial charge in [-0.15, -0.1) is 0 Å². The van der Waals surface area contributed by atoms with E-state index in [1.54, 1.807) is 18.2 Å². The van der Waals surface area contributed by atoms with Crippen LogP contribution in [0.1, 0.15) is 28.9 Å². The Kier molecular flexibility index (Phi) is 8.53. The maximum absolute atomic E-state index is 13.6. The van der Waals surface area contributed by atoms with Gasteiger partial charge in [0.2, 0.25) is 15.9 Å². The van der Waals surface area contributed by atoms with Crippen molar-refractivity contribution in [3.63, 3.8) is 0 Å². The molecule has 1 unspecified atom stereocenters. The number of ketones is 1. The van der Waals surface area contributed by atoms with E-state index >= 15 is 0 Å². The number of pyridine rings is 1. The number of carbonyl (C=O) groups excluding carboxylic acids is 2. The average molecular weight is 580 g/mol. The summed E-state index contributed by atoms with van der Waals surface area (Å²) in [6.45, 7) is 1.41. The van der Waals surface area contributed by atoms with E-state index in [1.807, 2.05) is 30.3 Å². The molecule has 0 spiro atoms. The molecule has 0 bridgehead atoms. The largest absolute Gasteiger partial charge is 0.495 e. The van der Waals surface area contributed by atoms with Gasteiger partial charge in [-0.1, -0.05) is 41.9 Å². The molecule has 4 aromatic rings. The third-order valence-corrected chi connectivity index (χ3v) is 7.44. The van der Waals surface area contributed by atoms with Crippen LogP contribution in [0.15, 0.2) is 94.7 Å². The monoisotopic (exact) mass is 579 g/mol. The first-order valence-corrected chi connectivity index (χ1v) is 14.0. The summed E-state index contributed by atoms with van der Waals surface area (Å²) >= 11 is 6.20. The fourth-order valence-electron chi connectivity index (χ4n) is 4.30. The number of sulfonamides is 1. The van der Waals surface area contributed by atoms with Gasteiger partial charge in [-0.2, -0.15) is 0 Å². The van der Waals surface area contributed by atoms with E-state index < -0.39 is 27.5 Å². The van der Waals surface area contributed by atoms with Crippen molar-refractivity contribution in [2.75, 3.05) is 12.4 Å². The lowest BCUT2D eigenvalue weighted by atomic mass is 9.97. The highest BCUT2D eigenvalue weighted by Crippen LogP contribution is 2.34. The summed E-state index contributed by atoms with van der Waals surface area (Å²) in [5, 5.41) is 8.28. The van der Waals surface area contributed by atoms with Crippen LogP contribution in [0.3, 0.4) is 0 Å². The maximum atomic E-state index is 13.6. The predicted molar refractivity (Wildman–Crippen MR) is 153 cm³/mol. The van der Waals surface area contributed by atoms with Crippen LogP contribution in [0.4, 0.5) is 5.69 Å². The van der Waals surface area contributed by atoms with Gasteiger partial charge >= 0.3 is 0 Å². The van der Waals surface area contributed by atoms with Gasteiger partial charge in [-0.05, 0) is 60.5 Å². The molecule has 0 aliphatic heterocycles. The molecule has 40 heavy (non-hydrogen) atoms. The molecule has 206 valence electrons. The Hall–Kier alpha value is -4.25. The summed E-state index contributed by atoms with van der Waals surface area (Å²) < 4.78 is 30.0. The molecule has 9 nitrogen and oxygen atoms in total. The van der Waals surface area contributed by atoms with E-state index in [4.69, 9.17) is 21.5 Å². The Labute approximate surface area is 236 Å². The third kappa shape index (κ3) is 6.48. The molecular weight excluding hydrogens is 554 g/mol. The molecular formula is C29H26ClN3O6S. The number of nitrogens with zero attached hydrogens (tertiary/aromatic N) is 1. The smallest absolute Gasteiger partial charge is 0.252 e. The first-order chi connectivity index (χ1) is 19.0. The zero-order valence-electron chi connectivity index (χ0n) is 21.6. The Morgan fingerprint density at radius 2 is 1.68 bits per heavy atom. The average Bonchev–Trinajstić information content (AvgIpc) is 2.92. The van der Waals surface area contributed by atoms with Gasteiger partial charge < -0.3 is 10.1 Å². The number of hydrogen-bond donors (Lipinski definition) is 2. The molecule has 11 heteroatoms. The molecule has 0 aliphatic rings. The van der Waals surface area contributed by atoms with E-state index in [1.165, 1.54) is 55.1 Å². The Balaban J connectivity index is 1.79. The molecule has 4 rings (SSSR count). The minimum absolute atomic E-state index is 0.103. The van der Waals surface area contributed by atoms with Gasteiger partial charge in [0.1, 0.15) is 11.8 Å². The van der Waals surface area contributed by atoms with Crippen molar-refractivity contribution in [1.29, 1.82) is 0 Å². The summed E-state index contributed by atoms with van der Waals surface area (Å²) in [5.41, 5.74) is 1.76. The van der Waals surface area contributed by atoms with Crippen LogP contribution in [0.2, 0.25) is 5.02 Å². The standard InChI is InChI=1S/C29H26ClN3O6S/c1-18(34)23-13-8-20(30)15-24(23)25-16-28(35)33(17-27(25)39-2)26(14-19-6-4-3-5-7-19)29(36)32-21-9-11-22(12-10-21)40(31,37)38/h3-13,15-17,26H,14H2,1-2H3,(H,32,36)(H2,31,37,38). The van der Waals surface area contributed by atoms with Crippen molar-refractivity contribution in [3.05, 3.63) is 112 Å². The highest BCUT2D eigenvalue weighted by atomic mass is 35.5. The summed E-state index contributed by atoms with van der Waals surface area (Å²) in [5.74, 6) is -0.475. The van der Waals surface area contributed by atoms with Crippen molar-refractivity contribution in [1.82, 2.24) is 4.57 Å². The second kappa shape index (κ2) is 11.9. The normalized spacial score (nSPS) is 12.0. The van der Waals surface area contributed by atoms with Gasteiger partial charge in [0.05, 0.1) is 18.2 Å². The molecule has 0 saturated carbocycles.